The first-order valence-electron chi connectivity index (χ1n) is 7.20. The minimum Gasteiger partial charge on any atom is -0.305 e. The predicted octanol–water partition coefficient (Wildman–Crippen LogP) is 3.69. The van der Waals surface area contributed by atoms with Crippen LogP contribution in [0, 0.1) is 12.7 Å². The summed E-state index contributed by atoms with van der Waals surface area (Å²) in [4.78, 5) is 21.0. The van der Waals surface area contributed by atoms with Crippen molar-refractivity contribution in [3.63, 3.8) is 0 Å². The van der Waals surface area contributed by atoms with E-state index in [-0.39, 0.29) is 11.7 Å². The molecule has 0 bridgehead atoms. The topological polar surface area (TPSA) is 59.8 Å². The summed E-state index contributed by atoms with van der Waals surface area (Å²) >= 11 is 1.40. The summed E-state index contributed by atoms with van der Waals surface area (Å²) in [6.45, 7) is 1.92. The van der Waals surface area contributed by atoms with Crippen molar-refractivity contribution in [2.45, 2.75) is 12.1 Å². The maximum atomic E-state index is 13.2. The zero-order valence-corrected chi connectivity index (χ0v) is 14.0. The Morgan fingerprint density at radius 3 is 2.62 bits per heavy atom. The lowest BCUT2D eigenvalue weighted by atomic mass is 10.3. The Morgan fingerprint density at radius 2 is 1.96 bits per heavy atom. The van der Waals surface area contributed by atoms with E-state index in [0.717, 1.165) is 5.56 Å². The highest BCUT2D eigenvalue weighted by atomic mass is 32.2. The molecule has 0 unspecified atom stereocenters. The number of amides is 1. The molecule has 2 heterocycles. The molecular formula is C17H15FN4OS. The Hall–Kier alpha value is -2.67. The molecule has 0 saturated carbocycles. The van der Waals surface area contributed by atoms with E-state index in [2.05, 4.69) is 15.3 Å². The molecule has 5 nitrogen and oxygen atoms in total. The number of benzene rings is 1. The normalized spacial score (nSPS) is 10.6. The van der Waals surface area contributed by atoms with Crippen LogP contribution in [0.5, 0.6) is 0 Å². The molecular weight excluding hydrogens is 327 g/mol. The summed E-state index contributed by atoms with van der Waals surface area (Å²) in [6, 6.07) is 9.56. The zero-order chi connectivity index (χ0) is 17.1. The number of hydrogen-bond acceptors (Lipinski definition) is 4. The van der Waals surface area contributed by atoms with Crippen molar-refractivity contribution in [3.8, 4) is 5.69 Å². The third kappa shape index (κ3) is 3.30. The van der Waals surface area contributed by atoms with Crippen LogP contribution in [0.15, 0.2) is 53.9 Å². The van der Waals surface area contributed by atoms with Crippen molar-refractivity contribution in [1.29, 1.82) is 0 Å². The molecule has 7 heteroatoms. The molecule has 2 aromatic heterocycles. The number of nitrogens with one attached hydrogen (secondary N) is 1. The van der Waals surface area contributed by atoms with E-state index in [0.29, 0.717) is 22.4 Å². The molecule has 3 aromatic rings. The number of hydrogen-bond donors (Lipinski definition) is 1. The lowest BCUT2D eigenvalue weighted by molar-refractivity contribution is 0.101. The fourth-order valence-corrected chi connectivity index (χ4v) is 2.81. The number of nitrogens with zero attached hydrogens (tertiary/aromatic N) is 3. The number of imidazole rings is 1. The molecule has 0 fully saturated rings. The maximum absolute atomic E-state index is 13.2. The van der Waals surface area contributed by atoms with Gasteiger partial charge in [0.1, 0.15) is 17.3 Å². The van der Waals surface area contributed by atoms with Crippen LogP contribution < -0.4 is 5.32 Å². The molecule has 0 aliphatic carbocycles. The number of halogens is 1. The molecule has 1 aromatic carbocycles. The third-order valence-corrected chi connectivity index (χ3v) is 4.04. The van der Waals surface area contributed by atoms with Crippen LogP contribution in [-0.2, 0) is 0 Å². The summed E-state index contributed by atoms with van der Waals surface area (Å²) < 4.78 is 14.9. The minimum absolute atomic E-state index is 0.328. The molecule has 0 spiro atoms. The largest absolute Gasteiger partial charge is 0.305 e. The van der Waals surface area contributed by atoms with Gasteiger partial charge in [-0.3, -0.25) is 9.36 Å². The van der Waals surface area contributed by atoms with E-state index in [1.165, 1.54) is 30.1 Å². The number of pyridine rings is 1. The fourth-order valence-electron chi connectivity index (χ4n) is 2.26. The zero-order valence-electron chi connectivity index (χ0n) is 13.2. The van der Waals surface area contributed by atoms with Gasteiger partial charge in [0.2, 0.25) is 0 Å². The van der Waals surface area contributed by atoms with Gasteiger partial charge in [-0.1, -0.05) is 11.8 Å². The monoisotopic (exact) mass is 342 g/mol. The van der Waals surface area contributed by atoms with Crippen LogP contribution in [0.2, 0.25) is 0 Å². The Labute approximate surface area is 142 Å². The average molecular weight is 342 g/mol. The second-order valence-electron chi connectivity index (χ2n) is 5.11. The molecule has 1 N–H and O–H groups in total. The number of rotatable bonds is 4. The van der Waals surface area contributed by atoms with Crippen molar-refractivity contribution >= 4 is 23.5 Å². The van der Waals surface area contributed by atoms with Gasteiger partial charge in [0.25, 0.3) is 5.91 Å². The van der Waals surface area contributed by atoms with Crippen molar-refractivity contribution in [3.05, 3.63) is 65.9 Å². The summed E-state index contributed by atoms with van der Waals surface area (Å²) in [5.41, 5.74) is 2.02. The summed E-state index contributed by atoms with van der Waals surface area (Å²) in [5.74, 6) is -0.192. The minimum atomic E-state index is -0.334. The Morgan fingerprint density at radius 1 is 1.21 bits per heavy atom. The molecule has 0 atom stereocenters. The van der Waals surface area contributed by atoms with Gasteiger partial charge in [-0.2, -0.15) is 0 Å². The first-order valence-corrected chi connectivity index (χ1v) is 8.42. The van der Waals surface area contributed by atoms with Gasteiger partial charge in [0.05, 0.1) is 6.20 Å². The number of aromatic nitrogens is 3. The fraction of sp³-hybridized carbons (Fsp3) is 0.118. The number of carbonyl (C=O) groups is 1. The highest BCUT2D eigenvalue weighted by Gasteiger charge is 2.18. The molecule has 0 saturated heterocycles. The predicted molar refractivity (Wildman–Crippen MR) is 92.2 cm³/mol. The quantitative estimate of drug-likeness (QED) is 0.735. The van der Waals surface area contributed by atoms with E-state index in [1.54, 1.807) is 29.0 Å². The number of carbonyl (C=O) groups excluding carboxylic acids is 1. The first-order chi connectivity index (χ1) is 11.6. The first kappa shape index (κ1) is 16.2. The lowest BCUT2D eigenvalue weighted by Crippen LogP contribution is -2.17. The molecule has 3 rings (SSSR count). The SMILES string of the molecule is CSc1ncc(C(=O)Nc2cc(C)ccn2)n1-c1ccc(F)cc1. The van der Waals surface area contributed by atoms with E-state index in [9.17, 15) is 9.18 Å². The average Bonchev–Trinajstić information content (AvgIpc) is 2.99. The van der Waals surface area contributed by atoms with Crippen LogP contribution in [-0.4, -0.2) is 26.7 Å². The molecule has 1 amide bonds. The molecule has 24 heavy (non-hydrogen) atoms. The van der Waals surface area contributed by atoms with Crippen molar-refractivity contribution in [1.82, 2.24) is 14.5 Å². The molecule has 122 valence electrons. The van der Waals surface area contributed by atoms with Crippen molar-refractivity contribution in [2.24, 2.45) is 0 Å². The highest BCUT2D eigenvalue weighted by Crippen LogP contribution is 2.22. The van der Waals surface area contributed by atoms with Crippen molar-refractivity contribution < 1.29 is 9.18 Å². The van der Waals surface area contributed by atoms with E-state index in [1.807, 2.05) is 19.2 Å². The van der Waals surface area contributed by atoms with E-state index in [4.69, 9.17) is 0 Å². The van der Waals surface area contributed by atoms with Crippen molar-refractivity contribution in [2.75, 3.05) is 11.6 Å². The smallest absolute Gasteiger partial charge is 0.275 e. The van der Waals surface area contributed by atoms with Gasteiger partial charge in [-0.05, 0) is 55.1 Å². The lowest BCUT2D eigenvalue weighted by Gasteiger charge is -2.11. The second kappa shape index (κ2) is 6.84. The van der Waals surface area contributed by atoms with Crippen LogP contribution in [0.1, 0.15) is 16.1 Å². The van der Waals surface area contributed by atoms with Crippen LogP contribution in [0.3, 0.4) is 0 Å². The number of anilines is 1. The maximum Gasteiger partial charge on any atom is 0.275 e. The van der Waals surface area contributed by atoms with Gasteiger partial charge in [-0.25, -0.2) is 14.4 Å². The standard InChI is InChI=1S/C17H15FN4OS/c1-11-7-8-19-15(9-11)21-16(23)14-10-20-17(24-2)22(14)13-5-3-12(18)4-6-13/h3-10H,1-2H3,(H,19,21,23). The van der Waals surface area contributed by atoms with E-state index < -0.39 is 0 Å². The number of thioether (sulfide) groups is 1. The molecule has 0 radical (unpaired) electrons. The van der Waals surface area contributed by atoms with Crippen LogP contribution in [0.25, 0.3) is 5.69 Å². The Bertz CT molecular complexity index is 877. The Kier molecular flexibility index (Phi) is 4.61. The summed E-state index contributed by atoms with van der Waals surface area (Å²) in [6.07, 6.45) is 5.00. The van der Waals surface area contributed by atoms with Gasteiger partial charge < -0.3 is 5.32 Å². The summed E-state index contributed by atoms with van der Waals surface area (Å²) in [7, 11) is 0. The Balaban J connectivity index is 1.97. The third-order valence-electron chi connectivity index (χ3n) is 3.39. The van der Waals surface area contributed by atoms with Crippen LogP contribution in [0.4, 0.5) is 10.2 Å². The van der Waals surface area contributed by atoms with E-state index >= 15 is 0 Å². The van der Waals surface area contributed by atoms with Crippen LogP contribution >= 0.6 is 11.8 Å². The number of aryl methyl sites for hydroxylation is 1. The van der Waals surface area contributed by atoms with Gasteiger partial charge in [0, 0.05) is 11.9 Å². The second-order valence-corrected chi connectivity index (χ2v) is 5.89. The van der Waals surface area contributed by atoms with Gasteiger partial charge >= 0.3 is 0 Å². The van der Waals surface area contributed by atoms with Gasteiger partial charge in [0.15, 0.2) is 5.16 Å². The highest BCUT2D eigenvalue weighted by molar-refractivity contribution is 7.98. The van der Waals surface area contributed by atoms with Gasteiger partial charge in [-0.15, -0.1) is 0 Å². The summed E-state index contributed by atoms with van der Waals surface area (Å²) in [5, 5.41) is 3.41. The molecule has 0 aliphatic heterocycles. The molecule has 0 aliphatic rings.